The highest BCUT2D eigenvalue weighted by atomic mass is 16.5. The standard InChI is InChI=1S/C18H27NO5/c1-12(2)9-14(18(21)22)11-19-17(20)8-6-13-5-7-15(23-3)16(10-13)24-4/h5,7,10,12,14H,6,8-9,11H2,1-4H3,(H,19,20)(H,21,22). The molecule has 6 heteroatoms. The van der Waals surface area contributed by atoms with Gasteiger partial charge in [-0.05, 0) is 36.5 Å². The molecule has 0 bridgehead atoms. The van der Waals surface area contributed by atoms with Crippen molar-refractivity contribution in [1.29, 1.82) is 0 Å². The zero-order valence-electron chi connectivity index (χ0n) is 14.8. The molecule has 1 aromatic rings. The Kier molecular flexibility index (Phi) is 8.09. The van der Waals surface area contributed by atoms with Gasteiger partial charge in [-0.1, -0.05) is 19.9 Å². The lowest BCUT2D eigenvalue weighted by Crippen LogP contribution is -2.33. The molecule has 0 saturated carbocycles. The van der Waals surface area contributed by atoms with Crippen molar-refractivity contribution in [3.05, 3.63) is 23.8 Å². The molecule has 0 spiro atoms. The number of rotatable bonds is 10. The number of methoxy groups -OCH3 is 2. The topological polar surface area (TPSA) is 84.9 Å². The van der Waals surface area contributed by atoms with Crippen LogP contribution in [-0.2, 0) is 16.0 Å². The first-order valence-corrected chi connectivity index (χ1v) is 8.07. The molecule has 0 saturated heterocycles. The highest BCUT2D eigenvalue weighted by Gasteiger charge is 2.19. The van der Waals surface area contributed by atoms with E-state index in [0.29, 0.717) is 30.8 Å². The van der Waals surface area contributed by atoms with Crippen molar-refractivity contribution >= 4 is 11.9 Å². The second kappa shape index (κ2) is 9.80. The van der Waals surface area contributed by atoms with E-state index in [9.17, 15) is 14.7 Å². The van der Waals surface area contributed by atoms with Crippen LogP contribution in [0.5, 0.6) is 11.5 Å². The molecule has 6 nitrogen and oxygen atoms in total. The first kappa shape index (κ1) is 19.8. The third-order valence-corrected chi connectivity index (χ3v) is 3.74. The number of carboxylic acids is 1. The van der Waals surface area contributed by atoms with Gasteiger partial charge in [0.05, 0.1) is 20.1 Å². The van der Waals surface area contributed by atoms with Crippen LogP contribution in [-0.4, -0.2) is 37.7 Å². The molecule has 0 fully saturated rings. The van der Waals surface area contributed by atoms with Gasteiger partial charge in [0.2, 0.25) is 5.91 Å². The van der Waals surface area contributed by atoms with Crippen LogP contribution in [0.4, 0.5) is 0 Å². The number of ether oxygens (including phenoxy) is 2. The number of carbonyl (C=O) groups is 2. The minimum Gasteiger partial charge on any atom is -0.493 e. The highest BCUT2D eigenvalue weighted by molar-refractivity contribution is 5.77. The Balaban J connectivity index is 2.50. The van der Waals surface area contributed by atoms with Gasteiger partial charge in [-0.25, -0.2) is 0 Å². The molecule has 0 heterocycles. The van der Waals surface area contributed by atoms with Crippen molar-refractivity contribution in [3.63, 3.8) is 0 Å². The Hall–Kier alpha value is -2.24. The summed E-state index contributed by atoms with van der Waals surface area (Å²) in [6, 6.07) is 5.52. The first-order chi connectivity index (χ1) is 11.4. The van der Waals surface area contributed by atoms with Crippen LogP contribution in [0.3, 0.4) is 0 Å². The maximum Gasteiger partial charge on any atom is 0.308 e. The number of amides is 1. The first-order valence-electron chi connectivity index (χ1n) is 8.07. The summed E-state index contributed by atoms with van der Waals surface area (Å²) in [4.78, 5) is 23.1. The van der Waals surface area contributed by atoms with Crippen molar-refractivity contribution in [2.24, 2.45) is 11.8 Å². The molecule has 0 aliphatic heterocycles. The molecule has 24 heavy (non-hydrogen) atoms. The van der Waals surface area contributed by atoms with Crippen LogP contribution in [0, 0.1) is 11.8 Å². The maximum atomic E-state index is 11.9. The molecule has 1 amide bonds. The van der Waals surface area contributed by atoms with Gasteiger partial charge in [0, 0.05) is 13.0 Å². The number of hydrogen-bond acceptors (Lipinski definition) is 4. The van der Waals surface area contributed by atoms with Crippen LogP contribution in [0.25, 0.3) is 0 Å². The molecule has 0 aromatic heterocycles. The maximum absolute atomic E-state index is 11.9. The summed E-state index contributed by atoms with van der Waals surface area (Å²) in [5.74, 6) is -0.0320. The molecule has 0 radical (unpaired) electrons. The number of aryl methyl sites for hydroxylation is 1. The molecule has 1 rings (SSSR count). The van der Waals surface area contributed by atoms with Gasteiger partial charge in [-0.15, -0.1) is 0 Å². The Morgan fingerprint density at radius 2 is 1.83 bits per heavy atom. The highest BCUT2D eigenvalue weighted by Crippen LogP contribution is 2.27. The van der Waals surface area contributed by atoms with Crippen molar-refractivity contribution in [3.8, 4) is 11.5 Å². The van der Waals surface area contributed by atoms with E-state index in [0.717, 1.165) is 5.56 Å². The van der Waals surface area contributed by atoms with E-state index in [1.807, 2.05) is 26.0 Å². The van der Waals surface area contributed by atoms with E-state index in [2.05, 4.69) is 5.32 Å². The van der Waals surface area contributed by atoms with Gasteiger partial charge in [-0.3, -0.25) is 9.59 Å². The molecule has 2 N–H and O–H groups in total. The third kappa shape index (κ3) is 6.48. The summed E-state index contributed by atoms with van der Waals surface area (Å²) in [7, 11) is 3.14. The fraction of sp³-hybridized carbons (Fsp3) is 0.556. The van der Waals surface area contributed by atoms with Crippen LogP contribution in [0.1, 0.15) is 32.3 Å². The SMILES string of the molecule is COc1ccc(CCC(=O)NCC(CC(C)C)C(=O)O)cc1OC. The van der Waals surface area contributed by atoms with Crippen molar-refractivity contribution in [2.75, 3.05) is 20.8 Å². The van der Waals surface area contributed by atoms with Gasteiger partial charge in [-0.2, -0.15) is 0 Å². The Labute approximate surface area is 143 Å². The summed E-state index contributed by atoms with van der Waals surface area (Å²) in [5, 5.41) is 11.9. The number of nitrogens with one attached hydrogen (secondary N) is 1. The monoisotopic (exact) mass is 337 g/mol. The fourth-order valence-electron chi connectivity index (χ4n) is 2.46. The largest absolute Gasteiger partial charge is 0.493 e. The lowest BCUT2D eigenvalue weighted by Gasteiger charge is -2.15. The number of aliphatic carboxylic acids is 1. The molecular weight excluding hydrogens is 310 g/mol. The van der Waals surface area contributed by atoms with Crippen molar-refractivity contribution in [2.45, 2.75) is 33.1 Å². The predicted octanol–water partition coefficient (Wildman–Crippen LogP) is 2.50. The summed E-state index contributed by atoms with van der Waals surface area (Å²) >= 11 is 0. The van der Waals surface area contributed by atoms with Crippen LogP contribution >= 0.6 is 0 Å². The summed E-state index contributed by atoms with van der Waals surface area (Å²) in [6.45, 7) is 4.10. The van der Waals surface area contributed by atoms with Crippen molar-refractivity contribution in [1.82, 2.24) is 5.32 Å². The number of hydrogen-bond donors (Lipinski definition) is 2. The third-order valence-electron chi connectivity index (χ3n) is 3.74. The van der Waals surface area contributed by atoms with Crippen LogP contribution in [0.15, 0.2) is 18.2 Å². The molecule has 0 aliphatic carbocycles. The summed E-state index contributed by atoms with van der Waals surface area (Å²) in [6.07, 6.45) is 1.39. The Morgan fingerprint density at radius 3 is 2.38 bits per heavy atom. The number of carboxylic acid groups (broad SMARTS) is 1. The second-order valence-corrected chi connectivity index (χ2v) is 6.16. The quantitative estimate of drug-likeness (QED) is 0.685. The van der Waals surface area contributed by atoms with E-state index in [-0.39, 0.29) is 18.4 Å². The van der Waals surface area contributed by atoms with Gasteiger partial charge in [0.1, 0.15) is 0 Å². The zero-order valence-corrected chi connectivity index (χ0v) is 14.8. The average molecular weight is 337 g/mol. The van der Waals surface area contributed by atoms with Gasteiger partial charge in [0.15, 0.2) is 11.5 Å². The van der Waals surface area contributed by atoms with E-state index < -0.39 is 11.9 Å². The van der Waals surface area contributed by atoms with Gasteiger partial charge < -0.3 is 19.9 Å². The smallest absolute Gasteiger partial charge is 0.308 e. The van der Waals surface area contributed by atoms with Gasteiger partial charge >= 0.3 is 5.97 Å². The minimum absolute atomic E-state index is 0.153. The van der Waals surface area contributed by atoms with E-state index in [4.69, 9.17) is 9.47 Å². The van der Waals surface area contributed by atoms with Gasteiger partial charge in [0.25, 0.3) is 0 Å². The van der Waals surface area contributed by atoms with Crippen molar-refractivity contribution < 1.29 is 24.2 Å². The second-order valence-electron chi connectivity index (χ2n) is 6.16. The number of carbonyl (C=O) groups excluding carboxylic acids is 1. The molecule has 0 aliphatic rings. The minimum atomic E-state index is -0.871. The zero-order chi connectivity index (χ0) is 18.1. The van der Waals surface area contributed by atoms with E-state index >= 15 is 0 Å². The molecule has 134 valence electrons. The molecule has 1 unspecified atom stereocenters. The fourth-order valence-corrected chi connectivity index (χ4v) is 2.46. The van der Waals surface area contributed by atoms with E-state index in [1.54, 1.807) is 20.3 Å². The Bertz CT molecular complexity index is 556. The van der Waals surface area contributed by atoms with Crippen LogP contribution in [0.2, 0.25) is 0 Å². The van der Waals surface area contributed by atoms with Crippen LogP contribution < -0.4 is 14.8 Å². The lowest BCUT2D eigenvalue weighted by atomic mass is 9.97. The Morgan fingerprint density at radius 1 is 1.17 bits per heavy atom. The summed E-state index contributed by atoms with van der Waals surface area (Å²) in [5.41, 5.74) is 0.958. The molecule has 1 atom stereocenters. The summed E-state index contributed by atoms with van der Waals surface area (Å²) < 4.78 is 10.4. The predicted molar refractivity (Wildman–Crippen MR) is 91.5 cm³/mol. The number of benzene rings is 1. The molecule has 1 aromatic carbocycles. The lowest BCUT2D eigenvalue weighted by molar-refractivity contribution is -0.142. The van der Waals surface area contributed by atoms with E-state index in [1.165, 1.54) is 0 Å². The molecular formula is C18H27NO5. The average Bonchev–Trinajstić information content (AvgIpc) is 2.55. The normalized spacial score (nSPS) is 11.9.